The fourth-order valence-corrected chi connectivity index (χ4v) is 1.56. The van der Waals surface area contributed by atoms with Gasteiger partial charge in [0.2, 0.25) is 0 Å². The third-order valence-electron chi connectivity index (χ3n) is 2.01. The summed E-state index contributed by atoms with van der Waals surface area (Å²) >= 11 is 9.30. The molecule has 0 bridgehead atoms. The van der Waals surface area contributed by atoms with Crippen LogP contribution in [0.15, 0.2) is 22.7 Å². The van der Waals surface area contributed by atoms with Crippen LogP contribution in [0.4, 0.5) is 0 Å². The lowest BCUT2D eigenvalue weighted by atomic mass is 10.1. The van der Waals surface area contributed by atoms with Gasteiger partial charge in [0.15, 0.2) is 0 Å². The maximum atomic E-state index is 5.95. The number of halogens is 2. The van der Waals surface area contributed by atoms with Gasteiger partial charge >= 0.3 is 0 Å². The van der Waals surface area contributed by atoms with Crippen molar-refractivity contribution in [2.75, 3.05) is 0 Å². The molecule has 0 fully saturated rings. The van der Waals surface area contributed by atoms with E-state index >= 15 is 0 Å². The summed E-state index contributed by atoms with van der Waals surface area (Å²) in [5.74, 6) is 0. The minimum Gasteiger partial charge on any atom is -0.327 e. The van der Waals surface area contributed by atoms with Gasteiger partial charge in [-0.15, -0.1) is 0 Å². The summed E-state index contributed by atoms with van der Waals surface area (Å²) in [7, 11) is 0. The van der Waals surface area contributed by atoms with Crippen molar-refractivity contribution in [1.82, 2.24) is 0 Å². The molecule has 1 aromatic carbocycles. The summed E-state index contributed by atoms with van der Waals surface area (Å²) < 4.78 is 0.933. The average Bonchev–Trinajstić information content (AvgIpc) is 2.11. The van der Waals surface area contributed by atoms with Gasteiger partial charge in [-0.2, -0.15) is 0 Å². The van der Waals surface area contributed by atoms with Crippen molar-refractivity contribution in [3.63, 3.8) is 0 Å². The third kappa shape index (κ3) is 3.29. The monoisotopic (exact) mass is 261 g/mol. The first kappa shape index (κ1) is 11.0. The van der Waals surface area contributed by atoms with E-state index in [0.717, 1.165) is 22.3 Å². The van der Waals surface area contributed by atoms with E-state index in [2.05, 4.69) is 22.9 Å². The van der Waals surface area contributed by atoms with Crippen molar-refractivity contribution in [3.8, 4) is 0 Å². The van der Waals surface area contributed by atoms with Crippen molar-refractivity contribution in [2.45, 2.75) is 25.8 Å². The maximum Gasteiger partial charge on any atom is 0.0550 e. The van der Waals surface area contributed by atoms with Gasteiger partial charge in [-0.05, 0) is 46.5 Å². The normalized spacial score (nSPS) is 12.9. The number of rotatable bonds is 3. The van der Waals surface area contributed by atoms with Crippen molar-refractivity contribution >= 4 is 27.5 Å². The lowest BCUT2D eigenvalue weighted by molar-refractivity contribution is 0.646. The van der Waals surface area contributed by atoms with E-state index in [1.54, 1.807) is 0 Å². The Kier molecular flexibility index (Phi) is 4.23. The van der Waals surface area contributed by atoms with E-state index < -0.39 is 0 Å². The van der Waals surface area contributed by atoms with E-state index in [1.807, 2.05) is 18.2 Å². The molecule has 0 radical (unpaired) electrons. The van der Waals surface area contributed by atoms with E-state index in [9.17, 15) is 0 Å². The Labute approximate surface area is 92.4 Å². The molecular weight excluding hydrogens is 249 g/mol. The highest BCUT2D eigenvalue weighted by Crippen LogP contribution is 2.23. The predicted octanol–water partition coefficient (Wildman–Crippen LogP) is 3.38. The van der Waals surface area contributed by atoms with Gasteiger partial charge in [-0.25, -0.2) is 0 Å². The second-order valence-electron chi connectivity index (χ2n) is 3.12. The summed E-state index contributed by atoms with van der Waals surface area (Å²) in [5.41, 5.74) is 7.04. The van der Waals surface area contributed by atoms with Crippen LogP contribution in [0.3, 0.4) is 0 Å². The molecule has 3 heteroatoms. The summed E-state index contributed by atoms with van der Waals surface area (Å²) in [6.45, 7) is 2.09. The Balaban J connectivity index is 2.73. The van der Waals surface area contributed by atoms with Crippen LogP contribution in [0.5, 0.6) is 0 Å². The largest absolute Gasteiger partial charge is 0.327 e. The quantitative estimate of drug-likeness (QED) is 0.888. The highest BCUT2D eigenvalue weighted by atomic mass is 79.9. The fourth-order valence-electron chi connectivity index (χ4n) is 1.11. The smallest absolute Gasteiger partial charge is 0.0550 e. The molecule has 1 unspecified atom stereocenters. The first-order valence-corrected chi connectivity index (χ1v) is 5.50. The number of hydrogen-bond donors (Lipinski definition) is 1. The Morgan fingerprint density at radius 1 is 1.54 bits per heavy atom. The summed E-state index contributed by atoms with van der Waals surface area (Å²) in [5, 5.41) is 0.751. The van der Waals surface area contributed by atoms with E-state index in [0.29, 0.717) is 0 Å². The molecule has 72 valence electrons. The van der Waals surface area contributed by atoms with E-state index in [-0.39, 0.29) is 6.04 Å². The molecule has 1 rings (SSSR count). The molecule has 1 nitrogen and oxygen atoms in total. The molecule has 0 saturated heterocycles. The summed E-state index contributed by atoms with van der Waals surface area (Å²) in [6.07, 6.45) is 1.89. The minimum atomic E-state index is 0.234. The van der Waals surface area contributed by atoms with Gasteiger partial charge in [-0.3, -0.25) is 0 Å². The van der Waals surface area contributed by atoms with Gasteiger partial charge in [0.1, 0.15) is 0 Å². The number of benzene rings is 1. The van der Waals surface area contributed by atoms with Crippen LogP contribution >= 0.6 is 27.5 Å². The summed E-state index contributed by atoms with van der Waals surface area (Å²) in [6, 6.07) is 6.20. The number of nitrogens with two attached hydrogens (primary N) is 1. The van der Waals surface area contributed by atoms with E-state index in [4.69, 9.17) is 17.3 Å². The van der Waals surface area contributed by atoms with E-state index in [1.165, 1.54) is 5.56 Å². The van der Waals surface area contributed by atoms with Crippen LogP contribution in [0.25, 0.3) is 0 Å². The predicted molar refractivity (Wildman–Crippen MR) is 61.1 cm³/mol. The molecule has 2 N–H and O–H groups in total. The Bertz CT molecular complexity index is 288. The molecule has 0 aromatic heterocycles. The summed E-state index contributed by atoms with van der Waals surface area (Å²) in [4.78, 5) is 0. The van der Waals surface area contributed by atoms with Gasteiger partial charge in [0, 0.05) is 10.5 Å². The zero-order chi connectivity index (χ0) is 9.84. The maximum absolute atomic E-state index is 5.95. The Hall–Kier alpha value is -0.0500. The molecule has 0 heterocycles. The van der Waals surface area contributed by atoms with Gasteiger partial charge in [0.05, 0.1) is 5.02 Å². The highest BCUT2D eigenvalue weighted by Gasteiger charge is 2.03. The van der Waals surface area contributed by atoms with Crippen LogP contribution in [0.2, 0.25) is 5.02 Å². The number of hydrogen-bond acceptors (Lipinski definition) is 1. The van der Waals surface area contributed by atoms with Crippen molar-refractivity contribution in [3.05, 3.63) is 33.3 Å². The molecule has 0 aliphatic carbocycles. The minimum absolute atomic E-state index is 0.234. The standard InChI is InChI=1S/C10H13BrClN/c1-2-8(13)5-7-3-4-9(11)10(12)6-7/h3-4,6,8H,2,5,13H2,1H3. The second-order valence-corrected chi connectivity index (χ2v) is 4.38. The van der Waals surface area contributed by atoms with Gasteiger partial charge < -0.3 is 5.73 Å². The topological polar surface area (TPSA) is 26.0 Å². The lowest BCUT2D eigenvalue weighted by Crippen LogP contribution is -2.21. The van der Waals surface area contributed by atoms with Crippen LogP contribution in [0, 0.1) is 0 Å². The molecule has 0 aliphatic heterocycles. The van der Waals surface area contributed by atoms with Crippen molar-refractivity contribution in [2.24, 2.45) is 5.73 Å². The van der Waals surface area contributed by atoms with Crippen molar-refractivity contribution in [1.29, 1.82) is 0 Å². The van der Waals surface area contributed by atoms with Crippen LogP contribution < -0.4 is 5.73 Å². The molecular formula is C10H13BrClN. The molecule has 13 heavy (non-hydrogen) atoms. The first-order chi connectivity index (χ1) is 6.13. The van der Waals surface area contributed by atoms with Crippen LogP contribution in [-0.4, -0.2) is 6.04 Å². The second kappa shape index (κ2) is 4.99. The van der Waals surface area contributed by atoms with Gasteiger partial charge in [-0.1, -0.05) is 24.6 Å². The Morgan fingerprint density at radius 3 is 2.77 bits per heavy atom. The SMILES string of the molecule is CCC(N)Cc1ccc(Br)c(Cl)c1. The molecule has 0 spiro atoms. The zero-order valence-corrected chi connectivity index (χ0v) is 9.90. The molecule has 0 aliphatic rings. The molecule has 0 saturated carbocycles. The molecule has 0 amide bonds. The van der Waals surface area contributed by atoms with Crippen molar-refractivity contribution < 1.29 is 0 Å². The third-order valence-corrected chi connectivity index (χ3v) is 3.24. The highest BCUT2D eigenvalue weighted by molar-refractivity contribution is 9.10. The van der Waals surface area contributed by atoms with Crippen LogP contribution in [0.1, 0.15) is 18.9 Å². The fraction of sp³-hybridized carbons (Fsp3) is 0.400. The molecule has 1 aromatic rings. The zero-order valence-electron chi connectivity index (χ0n) is 7.56. The first-order valence-electron chi connectivity index (χ1n) is 4.33. The average molecular weight is 263 g/mol. The molecule has 1 atom stereocenters. The van der Waals surface area contributed by atoms with Gasteiger partial charge in [0.25, 0.3) is 0 Å². The van der Waals surface area contributed by atoms with Crippen LogP contribution in [-0.2, 0) is 6.42 Å². The lowest BCUT2D eigenvalue weighted by Gasteiger charge is -2.08. The Morgan fingerprint density at radius 2 is 2.23 bits per heavy atom.